The Bertz CT molecular complexity index is 1460. The van der Waals surface area contributed by atoms with E-state index in [0.717, 1.165) is 44.7 Å². The van der Waals surface area contributed by atoms with Gasteiger partial charge in [0.1, 0.15) is 0 Å². The second-order valence-electron chi connectivity index (χ2n) is 8.10. The maximum absolute atomic E-state index is 5.07. The van der Waals surface area contributed by atoms with Gasteiger partial charge in [-0.25, -0.2) is 0 Å². The molecule has 0 N–H and O–H groups in total. The van der Waals surface area contributed by atoms with Crippen molar-refractivity contribution < 1.29 is 21.1 Å². The van der Waals surface area contributed by atoms with Gasteiger partial charge in [0.2, 0.25) is 0 Å². The van der Waals surface area contributed by atoms with E-state index in [1.807, 2.05) is 36.4 Å². The van der Waals surface area contributed by atoms with E-state index in [1.54, 1.807) is 0 Å². The van der Waals surface area contributed by atoms with Gasteiger partial charge in [-0.05, 0) is 45.1 Å². The van der Waals surface area contributed by atoms with Crippen LogP contribution in [0, 0.1) is 12.1 Å². The van der Waals surface area contributed by atoms with Gasteiger partial charge in [0.15, 0.2) is 0 Å². The number of nitrogens with zero attached hydrogens (tertiary/aromatic N) is 2. The van der Waals surface area contributed by atoms with Crippen LogP contribution in [0.1, 0.15) is 11.4 Å². The Hall–Kier alpha value is -3.61. The quantitative estimate of drug-likeness (QED) is 0.195. The van der Waals surface area contributed by atoms with E-state index in [-0.39, 0.29) is 21.1 Å². The zero-order chi connectivity index (χ0) is 22.0. The van der Waals surface area contributed by atoms with E-state index < -0.39 is 0 Å². The molecule has 0 aliphatic rings. The minimum absolute atomic E-state index is 0. The average Bonchev–Trinajstić information content (AvgIpc) is 2.89. The van der Waals surface area contributed by atoms with E-state index in [9.17, 15) is 0 Å². The summed E-state index contributed by atoms with van der Waals surface area (Å²) in [5.74, 6) is 0. The molecule has 0 amide bonds. The van der Waals surface area contributed by atoms with Gasteiger partial charge >= 0.3 is 21.1 Å². The summed E-state index contributed by atoms with van der Waals surface area (Å²) in [7, 11) is 0. The molecule has 0 atom stereocenters. The molecule has 2 aromatic heterocycles. The topological polar surface area (TPSA) is 25.8 Å². The monoisotopic (exact) mass is 615 g/mol. The van der Waals surface area contributed by atoms with Gasteiger partial charge in [-0.2, -0.15) is 0 Å². The molecule has 0 fully saturated rings. The Balaban J connectivity index is 0.00000241. The molecule has 0 aliphatic carbocycles. The molecule has 6 rings (SSSR count). The summed E-state index contributed by atoms with van der Waals surface area (Å²) < 4.78 is 0. The summed E-state index contributed by atoms with van der Waals surface area (Å²) in [6.45, 7) is 0. The molecule has 0 radical (unpaired) electrons. The fourth-order valence-corrected chi connectivity index (χ4v) is 4.37. The molecule has 0 aliphatic heterocycles. The van der Waals surface area contributed by atoms with Crippen LogP contribution in [0.25, 0.3) is 44.1 Å². The first kappa shape index (κ1) is 22.2. The summed E-state index contributed by atoms with van der Waals surface area (Å²) in [4.78, 5) is 10.1. The number of rotatable bonds is 4. The SMILES string of the molecule is [Pt+2].[c-]1ccccc1-c1nc(Cc2cc3ccccc3c(-c3[c-]cccc3)n2)cc2ccccc12. The normalized spacial score (nSPS) is 10.8. The third-order valence-corrected chi connectivity index (χ3v) is 5.88. The van der Waals surface area contributed by atoms with Crippen LogP contribution in [0.3, 0.4) is 0 Å². The standard InChI is InChI=1S/C31H20N2.Pt/c1-3-11-22(12-4-1)30-28-17-9-7-15-24(28)19-26(32-30)21-27-20-25-16-8-10-18-29(25)31(33-27)23-13-5-2-6-14-23;/h1-11,13,15-20H,21H2;/q-2;+2. The molecule has 6 aromatic rings. The van der Waals surface area contributed by atoms with Gasteiger partial charge in [0.05, 0.1) is 0 Å². The number of aromatic nitrogens is 2. The molecule has 0 spiro atoms. The van der Waals surface area contributed by atoms with Crippen molar-refractivity contribution in [1.82, 2.24) is 9.97 Å². The smallest absolute Gasteiger partial charge is 0.300 e. The van der Waals surface area contributed by atoms with E-state index in [1.165, 1.54) is 10.8 Å². The summed E-state index contributed by atoms with van der Waals surface area (Å²) >= 11 is 0. The molecular formula is C31H20N2Pt. The predicted octanol–water partition coefficient (Wildman–Crippen LogP) is 7.31. The van der Waals surface area contributed by atoms with Crippen LogP contribution >= 0.6 is 0 Å². The van der Waals surface area contributed by atoms with Crippen LogP contribution in [0.15, 0.2) is 109 Å². The van der Waals surface area contributed by atoms with Crippen LogP contribution in [0.5, 0.6) is 0 Å². The minimum atomic E-state index is 0. The molecule has 164 valence electrons. The third-order valence-electron chi connectivity index (χ3n) is 5.88. The molecule has 3 heteroatoms. The number of hydrogen-bond donors (Lipinski definition) is 0. The molecule has 2 heterocycles. The average molecular weight is 616 g/mol. The van der Waals surface area contributed by atoms with Crippen molar-refractivity contribution in [2.45, 2.75) is 6.42 Å². The first-order valence-corrected chi connectivity index (χ1v) is 11.1. The van der Waals surface area contributed by atoms with Crippen molar-refractivity contribution in [1.29, 1.82) is 0 Å². The molecular weight excluding hydrogens is 595 g/mol. The van der Waals surface area contributed by atoms with Crippen LogP contribution < -0.4 is 0 Å². The first-order valence-electron chi connectivity index (χ1n) is 11.1. The summed E-state index contributed by atoms with van der Waals surface area (Å²) in [6, 6.07) is 43.9. The molecule has 0 saturated carbocycles. The molecule has 0 unspecified atom stereocenters. The fraction of sp³-hybridized carbons (Fsp3) is 0.0323. The zero-order valence-electron chi connectivity index (χ0n) is 18.3. The second kappa shape index (κ2) is 9.71. The first-order chi connectivity index (χ1) is 16.3. The van der Waals surface area contributed by atoms with E-state index >= 15 is 0 Å². The summed E-state index contributed by atoms with van der Waals surface area (Å²) in [6.07, 6.45) is 0.648. The Morgan fingerprint density at radius 1 is 0.529 bits per heavy atom. The maximum atomic E-state index is 5.07. The van der Waals surface area contributed by atoms with E-state index in [4.69, 9.17) is 9.97 Å². The Morgan fingerprint density at radius 3 is 1.41 bits per heavy atom. The number of benzene rings is 4. The van der Waals surface area contributed by atoms with Crippen LogP contribution in [0.4, 0.5) is 0 Å². The molecule has 2 nitrogen and oxygen atoms in total. The van der Waals surface area contributed by atoms with Crippen LogP contribution in [-0.4, -0.2) is 9.97 Å². The minimum Gasteiger partial charge on any atom is -0.300 e. The van der Waals surface area contributed by atoms with Crippen molar-refractivity contribution in [2.75, 3.05) is 0 Å². The Morgan fingerprint density at radius 2 is 0.971 bits per heavy atom. The fourth-order valence-electron chi connectivity index (χ4n) is 4.37. The summed E-state index contributed by atoms with van der Waals surface area (Å²) in [5.41, 5.74) is 5.91. The molecule has 34 heavy (non-hydrogen) atoms. The Kier molecular flexibility index (Phi) is 6.34. The van der Waals surface area contributed by atoms with Gasteiger partial charge in [-0.3, -0.25) is 0 Å². The third kappa shape index (κ3) is 4.30. The number of fused-ring (bicyclic) bond motifs is 2. The Labute approximate surface area is 213 Å². The predicted molar refractivity (Wildman–Crippen MR) is 135 cm³/mol. The van der Waals surface area contributed by atoms with Gasteiger partial charge in [0.25, 0.3) is 0 Å². The van der Waals surface area contributed by atoms with Crippen LogP contribution in [0.2, 0.25) is 0 Å². The van der Waals surface area contributed by atoms with E-state index in [0.29, 0.717) is 6.42 Å². The van der Waals surface area contributed by atoms with E-state index in [2.05, 4.69) is 84.9 Å². The molecule has 4 aromatic carbocycles. The molecule has 0 saturated heterocycles. The summed E-state index contributed by atoms with van der Waals surface area (Å²) in [5, 5.41) is 4.61. The van der Waals surface area contributed by atoms with Crippen molar-refractivity contribution >= 4 is 21.5 Å². The van der Waals surface area contributed by atoms with Crippen molar-refractivity contribution in [3.05, 3.63) is 133 Å². The number of pyridine rings is 2. The van der Waals surface area contributed by atoms with Gasteiger partial charge < -0.3 is 9.97 Å². The van der Waals surface area contributed by atoms with Crippen molar-refractivity contribution in [2.24, 2.45) is 0 Å². The maximum Gasteiger partial charge on any atom is 2.00 e. The van der Waals surface area contributed by atoms with Crippen molar-refractivity contribution in [3.8, 4) is 22.5 Å². The van der Waals surface area contributed by atoms with Crippen molar-refractivity contribution in [3.63, 3.8) is 0 Å². The van der Waals surface area contributed by atoms with Gasteiger partial charge in [0, 0.05) is 17.8 Å². The molecule has 0 bridgehead atoms. The number of hydrogen-bond acceptors (Lipinski definition) is 2. The second-order valence-corrected chi connectivity index (χ2v) is 8.10. The largest absolute Gasteiger partial charge is 2.00 e. The van der Waals surface area contributed by atoms with Gasteiger partial charge in [-0.15, -0.1) is 71.8 Å². The zero-order valence-corrected chi connectivity index (χ0v) is 20.6. The van der Waals surface area contributed by atoms with Crippen LogP contribution in [-0.2, 0) is 27.5 Å². The van der Waals surface area contributed by atoms with Gasteiger partial charge in [-0.1, -0.05) is 48.5 Å².